The lowest BCUT2D eigenvalue weighted by atomic mass is 10.1. The number of fused-ring (bicyclic) bond motifs is 1. The first-order valence-corrected chi connectivity index (χ1v) is 10.6. The van der Waals surface area contributed by atoms with Crippen molar-refractivity contribution >= 4 is 17.2 Å². The third kappa shape index (κ3) is 4.59. The molecule has 0 bridgehead atoms. The number of hydrogen-bond donors (Lipinski definition) is 0. The third-order valence-electron chi connectivity index (χ3n) is 4.85. The van der Waals surface area contributed by atoms with Gasteiger partial charge in [-0.3, -0.25) is 4.79 Å². The highest BCUT2D eigenvalue weighted by Gasteiger charge is 2.24. The molecule has 0 N–H and O–H groups in total. The van der Waals surface area contributed by atoms with Gasteiger partial charge in [0.2, 0.25) is 0 Å². The van der Waals surface area contributed by atoms with Gasteiger partial charge in [-0.2, -0.15) is 0 Å². The summed E-state index contributed by atoms with van der Waals surface area (Å²) in [6, 6.07) is 15.8. The van der Waals surface area contributed by atoms with Crippen LogP contribution in [0.15, 0.2) is 48.5 Å². The molecule has 5 nitrogen and oxygen atoms in total. The fourth-order valence-electron chi connectivity index (χ4n) is 3.33. The van der Waals surface area contributed by atoms with Gasteiger partial charge in [-0.1, -0.05) is 12.1 Å². The Labute approximate surface area is 174 Å². The van der Waals surface area contributed by atoms with Crippen molar-refractivity contribution in [2.24, 2.45) is 0 Å². The second kappa shape index (κ2) is 8.66. The number of rotatable bonds is 6. The predicted molar refractivity (Wildman–Crippen MR) is 115 cm³/mol. The Bertz CT molecular complexity index is 998. The Kier molecular flexibility index (Phi) is 5.81. The summed E-state index contributed by atoms with van der Waals surface area (Å²) in [5, 5.41) is 0.989. The van der Waals surface area contributed by atoms with Crippen molar-refractivity contribution in [3.05, 3.63) is 64.7 Å². The lowest BCUT2D eigenvalue weighted by Crippen LogP contribution is -2.38. The summed E-state index contributed by atoms with van der Waals surface area (Å²) in [4.78, 5) is 20.4. The molecule has 0 saturated carbocycles. The second-order valence-corrected chi connectivity index (χ2v) is 8.10. The van der Waals surface area contributed by atoms with Gasteiger partial charge in [-0.15, -0.1) is 11.3 Å². The summed E-state index contributed by atoms with van der Waals surface area (Å²) in [6.07, 6.45) is 0.777. The standard InChI is InChI=1S/C23H24N2O3S/c1-3-27-18-9-7-17(8-10-18)23-24-20-11-12-25(14-21(20)29-23)22(26)15-28-19-6-4-5-16(2)13-19/h4-10,13H,3,11-12,14-15H2,1-2H3. The summed E-state index contributed by atoms with van der Waals surface area (Å²) in [5.74, 6) is 1.60. The van der Waals surface area contributed by atoms with E-state index < -0.39 is 0 Å². The number of hydrogen-bond acceptors (Lipinski definition) is 5. The van der Waals surface area contributed by atoms with Crippen LogP contribution in [-0.2, 0) is 17.8 Å². The Hall–Kier alpha value is -2.86. The number of carbonyl (C=O) groups excluding carboxylic acids is 1. The van der Waals surface area contributed by atoms with Crippen molar-refractivity contribution in [1.82, 2.24) is 9.88 Å². The summed E-state index contributed by atoms with van der Waals surface area (Å²) in [5.41, 5.74) is 3.29. The summed E-state index contributed by atoms with van der Waals surface area (Å²) >= 11 is 1.66. The van der Waals surface area contributed by atoms with Crippen LogP contribution in [0.1, 0.15) is 23.1 Å². The maximum Gasteiger partial charge on any atom is 0.260 e. The fourth-order valence-corrected chi connectivity index (χ4v) is 4.46. The number of nitrogens with zero attached hydrogens (tertiary/aromatic N) is 2. The van der Waals surface area contributed by atoms with Crippen molar-refractivity contribution in [1.29, 1.82) is 0 Å². The largest absolute Gasteiger partial charge is 0.494 e. The van der Waals surface area contributed by atoms with E-state index in [1.54, 1.807) is 11.3 Å². The monoisotopic (exact) mass is 408 g/mol. The molecule has 0 atom stereocenters. The molecule has 1 aromatic heterocycles. The maximum atomic E-state index is 12.6. The molecule has 29 heavy (non-hydrogen) atoms. The second-order valence-electron chi connectivity index (χ2n) is 7.02. The Morgan fingerprint density at radius 2 is 1.97 bits per heavy atom. The highest BCUT2D eigenvalue weighted by molar-refractivity contribution is 7.15. The van der Waals surface area contributed by atoms with Gasteiger partial charge in [0, 0.05) is 23.4 Å². The molecule has 0 aliphatic carbocycles. The van der Waals surface area contributed by atoms with Crippen molar-refractivity contribution < 1.29 is 14.3 Å². The molecule has 1 aliphatic heterocycles. The van der Waals surface area contributed by atoms with Crippen molar-refractivity contribution in [2.75, 3.05) is 19.8 Å². The van der Waals surface area contributed by atoms with Crippen LogP contribution >= 0.6 is 11.3 Å². The summed E-state index contributed by atoms with van der Waals surface area (Å²) < 4.78 is 11.2. The summed E-state index contributed by atoms with van der Waals surface area (Å²) in [6.45, 7) is 5.97. The zero-order valence-corrected chi connectivity index (χ0v) is 17.5. The molecule has 4 rings (SSSR count). The van der Waals surface area contributed by atoms with Crippen LogP contribution in [0.5, 0.6) is 11.5 Å². The molecular formula is C23H24N2O3S. The average Bonchev–Trinajstić information content (AvgIpc) is 3.16. The highest BCUT2D eigenvalue weighted by Crippen LogP contribution is 2.32. The quantitative estimate of drug-likeness (QED) is 0.603. The van der Waals surface area contributed by atoms with E-state index in [0.717, 1.165) is 44.6 Å². The molecule has 2 aromatic carbocycles. The minimum Gasteiger partial charge on any atom is -0.494 e. The van der Waals surface area contributed by atoms with E-state index in [9.17, 15) is 4.79 Å². The van der Waals surface area contributed by atoms with Crippen LogP contribution in [0, 0.1) is 6.92 Å². The normalized spacial score (nSPS) is 13.1. The van der Waals surface area contributed by atoms with E-state index in [4.69, 9.17) is 14.5 Å². The highest BCUT2D eigenvalue weighted by atomic mass is 32.1. The van der Waals surface area contributed by atoms with Crippen LogP contribution in [0.3, 0.4) is 0 Å². The molecule has 0 radical (unpaired) electrons. The number of carbonyl (C=O) groups is 1. The zero-order valence-electron chi connectivity index (χ0n) is 16.7. The van der Waals surface area contributed by atoms with Gasteiger partial charge in [0.25, 0.3) is 5.91 Å². The van der Waals surface area contributed by atoms with Crippen LogP contribution < -0.4 is 9.47 Å². The Morgan fingerprint density at radius 1 is 1.14 bits per heavy atom. The van der Waals surface area contributed by atoms with Crippen molar-refractivity contribution in [3.63, 3.8) is 0 Å². The molecule has 0 spiro atoms. The molecule has 3 aromatic rings. The average molecular weight is 409 g/mol. The molecule has 2 heterocycles. The maximum absolute atomic E-state index is 12.6. The topological polar surface area (TPSA) is 51.7 Å². The lowest BCUT2D eigenvalue weighted by Gasteiger charge is -2.26. The smallest absolute Gasteiger partial charge is 0.260 e. The Balaban J connectivity index is 1.40. The number of benzene rings is 2. The molecule has 150 valence electrons. The zero-order chi connectivity index (χ0) is 20.2. The number of aryl methyl sites for hydroxylation is 1. The molecule has 0 unspecified atom stereocenters. The van der Waals surface area contributed by atoms with Crippen molar-refractivity contribution in [2.45, 2.75) is 26.8 Å². The molecule has 1 aliphatic rings. The van der Waals surface area contributed by atoms with Crippen LogP contribution in [0.25, 0.3) is 10.6 Å². The van der Waals surface area contributed by atoms with E-state index in [2.05, 4.69) is 0 Å². The number of ether oxygens (including phenoxy) is 2. The fraction of sp³-hybridized carbons (Fsp3) is 0.304. The van der Waals surface area contributed by atoms with E-state index in [0.29, 0.717) is 19.7 Å². The van der Waals surface area contributed by atoms with Crippen LogP contribution in [0.4, 0.5) is 0 Å². The van der Waals surface area contributed by atoms with Gasteiger partial charge in [-0.25, -0.2) is 4.98 Å². The molecule has 6 heteroatoms. The van der Waals surface area contributed by atoms with E-state index in [1.807, 2.05) is 67.3 Å². The first kappa shape index (κ1) is 19.5. The van der Waals surface area contributed by atoms with Gasteiger partial charge < -0.3 is 14.4 Å². The number of amides is 1. The van der Waals surface area contributed by atoms with E-state index >= 15 is 0 Å². The minimum absolute atomic E-state index is 0.00757. The van der Waals surface area contributed by atoms with Gasteiger partial charge in [-0.05, 0) is 55.8 Å². The Morgan fingerprint density at radius 3 is 2.72 bits per heavy atom. The number of aromatic nitrogens is 1. The lowest BCUT2D eigenvalue weighted by molar-refractivity contribution is -0.134. The SMILES string of the molecule is CCOc1ccc(-c2nc3c(s2)CN(C(=O)COc2cccc(C)c2)CC3)cc1. The molecular weight excluding hydrogens is 384 g/mol. The third-order valence-corrected chi connectivity index (χ3v) is 5.98. The van der Waals surface area contributed by atoms with E-state index in [-0.39, 0.29) is 12.5 Å². The number of thiazole rings is 1. The first-order valence-electron chi connectivity index (χ1n) is 9.81. The van der Waals surface area contributed by atoms with Crippen molar-refractivity contribution in [3.8, 4) is 22.1 Å². The predicted octanol–water partition coefficient (Wildman–Crippen LogP) is 4.48. The van der Waals surface area contributed by atoms with E-state index in [1.165, 1.54) is 0 Å². The van der Waals surface area contributed by atoms with Gasteiger partial charge in [0.05, 0.1) is 18.8 Å². The molecule has 0 fully saturated rings. The van der Waals surface area contributed by atoms with Crippen LogP contribution in [-0.4, -0.2) is 35.5 Å². The minimum atomic E-state index is 0.00757. The molecule has 1 amide bonds. The van der Waals surface area contributed by atoms with Gasteiger partial charge in [0.1, 0.15) is 16.5 Å². The summed E-state index contributed by atoms with van der Waals surface area (Å²) in [7, 11) is 0. The molecule has 0 saturated heterocycles. The van der Waals surface area contributed by atoms with Gasteiger partial charge in [0.15, 0.2) is 6.61 Å². The van der Waals surface area contributed by atoms with Gasteiger partial charge >= 0.3 is 0 Å². The van der Waals surface area contributed by atoms with Crippen LogP contribution in [0.2, 0.25) is 0 Å². The first-order chi connectivity index (χ1) is 14.1.